The molecule has 0 aliphatic carbocycles. The molecule has 0 saturated heterocycles. The van der Waals surface area contributed by atoms with Gasteiger partial charge in [-0.3, -0.25) is 0 Å². The van der Waals surface area contributed by atoms with Gasteiger partial charge in [0.2, 0.25) is 0 Å². The average molecular weight is 735 g/mol. The van der Waals surface area contributed by atoms with E-state index >= 15 is 0 Å². The number of aliphatic imine (C=N–C) groups is 2. The molecule has 0 spiro atoms. The zero-order valence-electron chi connectivity index (χ0n) is 30.7. The molecule has 1 unspecified atom stereocenters. The third-order valence-electron chi connectivity index (χ3n) is 10.7. The van der Waals surface area contributed by atoms with Gasteiger partial charge >= 0.3 is 0 Å². The van der Waals surface area contributed by atoms with Crippen molar-refractivity contribution in [2.45, 2.75) is 6.17 Å². The highest BCUT2D eigenvalue weighted by molar-refractivity contribution is 6.23. The van der Waals surface area contributed by atoms with Crippen molar-refractivity contribution in [3.05, 3.63) is 211 Å². The van der Waals surface area contributed by atoms with Gasteiger partial charge in [0.1, 0.15) is 34.3 Å². The van der Waals surface area contributed by atoms with Crippen molar-refractivity contribution in [3.63, 3.8) is 0 Å². The van der Waals surface area contributed by atoms with Crippen LogP contribution in [0, 0.1) is 0 Å². The van der Waals surface area contributed by atoms with Crippen LogP contribution >= 0.6 is 0 Å². The fourth-order valence-corrected chi connectivity index (χ4v) is 8.01. The number of amidine groups is 2. The predicted molar refractivity (Wildman–Crippen MR) is 233 cm³/mol. The van der Waals surface area contributed by atoms with Crippen LogP contribution in [0.15, 0.2) is 213 Å². The Morgan fingerprint density at radius 1 is 0.474 bits per heavy atom. The van der Waals surface area contributed by atoms with Crippen molar-refractivity contribution in [2.24, 2.45) is 9.98 Å². The molecule has 3 heterocycles. The van der Waals surface area contributed by atoms with Crippen LogP contribution in [0.4, 0.5) is 17.1 Å². The second-order valence-corrected chi connectivity index (χ2v) is 14.2. The van der Waals surface area contributed by atoms with Crippen molar-refractivity contribution in [2.75, 3.05) is 4.90 Å². The number of fused-ring (bicyclic) bond motifs is 6. The van der Waals surface area contributed by atoms with Gasteiger partial charge in [-0.05, 0) is 77.4 Å². The Morgan fingerprint density at radius 2 is 1.07 bits per heavy atom. The number of hydrogen-bond acceptors (Lipinski definition) is 6. The Labute approximate surface area is 328 Å². The van der Waals surface area contributed by atoms with E-state index in [4.69, 9.17) is 18.8 Å². The summed E-state index contributed by atoms with van der Waals surface area (Å²) in [7, 11) is 0. The molecule has 0 radical (unpaired) electrons. The van der Waals surface area contributed by atoms with Crippen LogP contribution in [-0.2, 0) is 0 Å². The third kappa shape index (κ3) is 5.74. The summed E-state index contributed by atoms with van der Waals surface area (Å²) in [6.45, 7) is 0. The molecule has 6 nitrogen and oxygen atoms in total. The van der Waals surface area contributed by atoms with Crippen LogP contribution in [0.25, 0.3) is 55.0 Å². The zero-order valence-corrected chi connectivity index (χ0v) is 30.7. The van der Waals surface area contributed by atoms with Crippen molar-refractivity contribution in [1.82, 2.24) is 5.32 Å². The smallest absolute Gasteiger partial charge is 0.159 e. The summed E-state index contributed by atoms with van der Waals surface area (Å²) >= 11 is 0. The molecule has 6 heteroatoms. The molecule has 0 saturated carbocycles. The van der Waals surface area contributed by atoms with Crippen molar-refractivity contribution in [1.29, 1.82) is 0 Å². The lowest BCUT2D eigenvalue weighted by molar-refractivity contribution is 0.659. The van der Waals surface area contributed by atoms with Crippen LogP contribution in [0.3, 0.4) is 0 Å². The van der Waals surface area contributed by atoms with Crippen molar-refractivity contribution in [3.8, 4) is 11.1 Å². The van der Waals surface area contributed by atoms with Gasteiger partial charge in [-0.2, -0.15) is 0 Å². The number of para-hydroxylation sites is 3. The summed E-state index contributed by atoms with van der Waals surface area (Å²) < 4.78 is 13.1. The first-order valence-corrected chi connectivity index (χ1v) is 19.1. The van der Waals surface area contributed by atoms with E-state index in [1.807, 2.05) is 66.7 Å². The fraction of sp³-hybridized carbons (Fsp3) is 0.0196. The molecule has 1 aliphatic rings. The van der Waals surface area contributed by atoms with E-state index in [-0.39, 0.29) is 6.17 Å². The SMILES string of the molecule is c1ccc(-c2ccc(N(c3ccccc3)c3ccc(C4=NC(c5ccc6c(c5)oc5ccccc56)=NC(c5ccccc5)N4)c4oc5ccccc5c34)cc2)cc1. The monoisotopic (exact) mass is 734 g/mol. The standard InChI is InChI=1S/C51H34N4O2/c1-4-14-33(15-5-1)34-24-27-38(28-25-34)55(37-18-8-3-9-19-37)43-31-30-42(48-47(43)41-21-11-13-23-45(41)57-48)51-53-49(35-16-6-2-7-17-35)52-50(54-51)36-26-29-40-39-20-10-12-22-44(39)56-46(40)32-36/h1-32,49H,(H,52,53,54). The van der Waals surface area contributed by atoms with Gasteiger partial charge in [0.25, 0.3) is 0 Å². The Kier molecular flexibility index (Phi) is 7.78. The number of benzene rings is 8. The fourth-order valence-electron chi connectivity index (χ4n) is 8.01. The second-order valence-electron chi connectivity index (χ2n) is 14.2. The first-order chi connectivity index (χ1) is 28.2. The summed E-state index contributed by atoms with van der Waals surface area (Å²) in [5, 5.41) is 7.84. The molecule has 1 aliphatic heterocycles. The lowest BCUT2D eigenvalue weighted by atomic mass is 10.0. The van der Waals surface area contributed by atoms with E-state index in [0.29, 0.717) is 11.7 Å². The van der Waals surface area contributed by atoms with Crippen LogP contribution in [-0.4, -0.2) is 11.7 Å². The minimum Gasteiger partial charge on any atom is -0.456 e. The summed E-state index contributed by atoms with van der Waals surface area (Å²) in [4.78, 5) is 12.7. The van der Waals surface area contributed by atoms with E-state index in [2.05, 4.69) is 138 Å². The van der Waals surface area contributed by atoms with Gasteiger partial charge in [0.05, 0.1) is 16.6 Å². The number of rotatable bonds is 7. The number of hydrogen-bond donors (Lipinski definition) is 1. The van der Waals surface area contributed by atoms with Gasteiger partial charge in [0, 0.05) is 33.1 Å². The molecule has 1 atom stereocenters. The summed E-state index contributed by atoms with van der Waals surface area (Å²) in [6, 6.07) is 66.9. The lowest BCUT2D eigenvalue weighted by Crippen LogP contribution is -2.33. The minimum absolute atomic E-state index is 0.386. The Bertz CT molecular complexity index is 3150. The van der Waals surface area contributed by atoms with Crippen LogP contribution < -0.4 is 10.2 Å². The summed E-state index contributed by atoms with van der Waals surface area (Å²) in [5.41, 5.74) is 11.3. The average Bonchev–Trinajstić information content (AvgIpc) is 3.86. The predicted octanol–water partition coefficient (Wildman–Crippen LogP) is 13.1. The number of nitrogens with zero attached hydrogens (tertiary/aromatic N) is 3. The maximum Gasteiger partial charge on any atom is 0.159 e. The molecule has 11 rings (SSSR count). The van der Waals surface area contributed by atoms with Gasteiger partial charge in [-0.15, -0.1) is 0 Å². The van der Waals surface area contributed by atoms with E-state index in [1.54, 1.807) is 0 Å². The van der Waals surface area contributed by atoms with Gasteiger partial charge in [-0.1, -0.05) is 133 Å². The molecule has 0 bridgehead atoms. The molecular formula is C51H34N4O2. The number of furan rings is 2. The van der Waals surface area contributed by atoms with Gasteiger partial charge in [0.15, 0.2) is 5.84 Å². The molecule has 1 N–H and O–H groups in total. The topological polar surface area (TPSA) is 66.3 Å². The quantitative estimate of drug-likeness (QED) is 0.177. The summed E-state index contributed by atoms with van der Waals surface area (Å²) in [5.74, 6) is 1.28. The number of anilines is 3. The van der Waals surface area contributed by atoms with E-state index in [0.717, 1.165) is 83.2 Å². The maximum absolute atomic E-state index is 6.85. The van der Waals surface area contributed by atoms with Crippen LogP contribution in [0.1, 0.15) is 22.9 Å². The summed E-state index contributed by atoms with van der Waals surface area (Å²) in [6.07, 6.45) is -0.386. The van der Waals surface area contributed by atoms with Crippen molar-refractivity contribution < 1.29 is 8.83 Å². The van der Waals surface area contributed by atoms with Crippen LogP contribution in [0.5, 0.6) is 0 Å². The number of nitrogens with one attached hydrogen (secondary N) is 1. The molecular weight excluding hydrogens is 701 g/mol. The highest BCUT2D eigenvalue weighted by atomic mass is 16.3. The molecule has 8 aromatic carbocycles. The highest BCUT2D eigenvalue weighted by Crippen LogP contribution is 2.44. The molecule has 2 aromatic heterocycles. The van der Waals surface area contributed by atoms with Gasteiger partial charge in [-0.25, -0.2) is 9.98 Å². The Hall–Kier alpha value is -7.70. The molecule has 0 amide bonds. The van der Waals surface area contributed by atoms with E-state index in [1.165, 1.54) is 5.56 Å². The van der Waals surface area contributed by atoms with Crippen molar-refractivity contribution >= 4 is 72.6 Å². The lowest BCUT2D eigenvalue weighted by Gasteiger charge is -2.27. The highest BCUT2D eigenvalue weighted by Gasteiger charge is 2.27. The van der Waals surface area contributed by atoms with Crippen LogP contribution in [0.2, 0.25) is 0 Å². The molecule has 0 fully saturated rings. The molecule has 270 valence electrons. The minimum atomic E-state index is -0.386. The zero-order chi connectivity index (χ0) is 37.7. The van der Waals surface area contributed by atoms with E-state index in [9.17, 15) is 0 Å². The van der Waals surface area contributed by atoms with Gasteiger partial charge < -0.3 is 19.1 Å². The Balaban J connectivity index is 1.09. The normalized spacial score (nSPS) is 14.1. The maximum atomic E-state index is 6.85. The first kappa shape index (κ1) is 32.7. The third-order valence-corrected chi connectivity index (χ3v) is 10.7. The largest absolute Gasteiger partial charge is 0.456 e. The van der Waals surface area contributed by atoms with E-state index < -0.39 is 0 Å². The first-order valence-electron chi connectivity index (χ1n) is 19.1. The Morgan fingerprint density at radius 3 is 1.84 bits per heavy atom. The molecule has 57 heavy (non-hydrogen) atoms. The molecule has 10 aromatic rings. The second kappa shape index (κ2) is 13.6.